The van der Waals surface area contributed by atoms with Crippen LogP contribution < -0.4 is 16.2 Å². The van der Waals surface area contributed by atoms with Gasteiger partial charge in [0.05, 0.1) is 0 Å². The highest BCUT2D eigenvalue weighted by molar-refractivity contribution is 7.98. The summed E-state index contributed by atoms with van der Waals surface area (Å²) >= 11 is 1.49. The number of amides is 1. The van der Waals surface area contributed by atoms with E-state index in [-0.39, 0.29) is 5.91 Å². The first-order chi connectivity index (χ1) is 9.71. The van der Waals surface area contributed by atoms with E-state index in [1.165, 1.54) is 11.8 Å². The number of nitrogen functional groups attached to an aromatic ring is 1. The van der Waals surface area contributed by atoms with Crippen LogP contribution in [0.2, 0.25) is 0 Å². The van der Waals surface area contributed by atoms with Crippen molar-refractivity contribution in [3.63, 3.8) is 0 Å². The van der Waals surface area contributed by atoms with Crippen molar-refractivity contribution in [1.29, 1.82) is 0 Å². The molecule has 0 aromatic carbocycles. The third kappa shape index (κ3) is 2.40. The highest BCUT2D eigenvalue weighted by Crippen LogP contribution is 2.27. The van der Waals surface area contributed by atoms with Crippen molar-refractivity contribution in [2.45, 2.75) is 24.0 Å². The molecule has 0 saturated carbocycles. The number of carbonyl (C=O) groups is 1. The molecule has 20 heavy (non-hydrogen) atoms. The van der Waals surface area contributed by atoms with Gasteiger partial charge in [-0.25, -0.2) is 15.8 Å². The van der Waals surface area contributed by atoms with E-state index in [2.05, 4.69) is 20.3 Å². The largest absolute Gasteiger partial charge is 0.353 e. The number of thioether (sulfide) groups is 1. The predicted octanol–water partition coefficient (Wildman–Crippen LogP) is 0.295. The molecule has 0 radical (unpaired) electrons. The van der Waals surface area contributed by atoms with Crippen LogP contribution in [-0.2, 0) is 4.79 Å². The zero-order valence-electron chi connectivity index (χ0n) is 11.4. The molecule has 1 atom stereocenters. The summed E-state index contributed by atoms with van der Waals surface area (Å²) < 4.78 is 0. The third-order valence-corrected chi connectivity index (χ3v) is 4.39. The summed E-state index contributed by atoms with van der Waals surface area (Å²) in [5.41, 5.74) is 2.58. The number of piperazine rings is 1. The van der Waals surface area contributed by atoms with Crippen molar-refractivity contribution in [1.82, 2.24) is 14.9 Å². The molecule has 0 aliphatic carbocycles. The molecule has 1 aromatic heterocycles. The number of aromatic nitrogens is 2. The Morgan fingerprint density at radius 3 is 3.05 bits per heavy atom. The molecular formula is C12H18N6OS. The Morgan fingerprint density at radius 2 is 2.30 bits per heavy atom. The van der Waals surface area contributed by atoms with E-state index >= 15 is 0 Å². The fraction of sp³-hybridized carbons (Fsp3) is 0.583. The Kier molecular flexibility index (Phi) is 3.66. The summed E-state index contributed by atoms with van der Waals surface area (Å²) in [5, 5.41) is 0.695. The van der Waals surface area contributed by atoms with Crippen LogP contribution in [0.4, 0.5) is 11.6 Å². The summed E-state index contributed by atoms with van der Waals surface area (Å²) in [6, 6.07) is 2.17. The van der Waals surface area contributed by atoms with Gasteiger partial charge in [-0.05, 0) is 12.7 Å². The summed E-state index contributed by atoms with van der Waals surface area (Å²) in [4.78, 5) is 24.7. The fourth-order valence-electron chi connectivity index (χ4n) is 2.81. The molecule has 2 aliphatic heterocycles. The van der Waals surface area contributed by atoms with Crippen molar-refractivity contribution in [3.8, 4) is 0 Å². The quantitative estimate of drug-likeness (QED) is 0.359. The molecule has 1 aromatic rings. The van der Waals surface area contributed by atoms with Gasteiger partial charge in [0.25, 0.3) is 0 Å². The lowest BCUT2D eigenvalue weighted by Gasteiger charge is -2.38. The number of nitrogens with zero attached hydrogens (tertiary/aromatic N) is 4. The number of hydrazine groups is 1. The van der Waals surface area contributed by atoms with E-state index in [4.69, 9.17) is 5.84 Å². The minimum atomic E-state index is 0.284. The van der Waals surface area contributed by atoms with Gasteiger partial charge in [0.2, 0.25) is 5.91 Å². The van der Waals surface area contributed by atoms with Crippen LogP contribution in [0.1, 0.15) is 12.8 Å². The number of fused-ring (bicyclic) bond motifs is 1. The zero-order chi connectivity index (χ0) is 14.1. The molecule has 2 saturated heterocycles. The number of hydrogen-bond acceptors (Lipinski definition) is 7. The van der Waals surface area contributed by atoms with Gasteiger partial charge >= 0.3 is 0 Å². The third-order valence-electron chi connectivity index (χ3n) is 3.84. The van der Waals surface area contributed by atoms with E-state index in [0.29, 0.717) is 23.4 Å². The Balaban J connectivity index is 1.81. The van der Waals surface area contributed by atoms with Crippen LogP contribution in [0, 0.1) is 0 Å². The van der Waals surface area contributed by atoms with Gasteiger partial charge in [-0.2, -0.15) is 0 Å². The molecule has 2 aliphatic rings. The Labute approximate surface area is 121 Å². The lowest BCUT2D eigenvalue weighted by atomic mass is 10.1. The number of nitrogens with one attached hydrogen (secondary N) is 1. The van der Waals surface area contributed by atoms with Crippen LogP contribution in [0.25, 0.3) is 0 Å². The smallest absolute Gasteiger partial charge is 0.223 e. The van der Waals surface area contributed by atoms with Gasteiger partial charge in [-0.1, -0.05) is 11.8 Å². The number of hydrogen-bond donors (Lipinski definition) is 2. The van der Waals surface area contributed by atoms with E-state index < -0.39 is 0 Å². The fourth-order valence-corrected chi connectivity index (χ4v) is 3.19. The minimum absolute atomic E-state index is 0.284. The molecule has 1 unspecified atom stereocenters. The summed E-state index contributed by atoms with van der Waals surface area (Å²) in [6.45, 7) is 2.41. The first-order valence-electron chi connectivity index (χ1n) is 6.65. The Morgan fingerprint density at radius 1 is 1.45 bits per heavy atom. The molecule has 0 bridgehead atoms. The molecule has 108 valence electrons. The normalized spacial score (nSPS) is 22.1. The van der Waals surface area contributed by atoms with Gasteiger partial charge in [0, 0.05) is 38.2 Å². The number of anilines is 2. The topological polar surface area (TPSA) is 87.4 Å². The standard InChI is InChI=1S/C12H18N6OS/c1-20-12-14-9(16-13)6-10(15-12)17-4-5-18-8(7-17)2-3-11(18)19/h6,8H,2-5,7,13H2,1H3,(H,14,15,16). The second-order valence-corrected chi connectivity index (χ2v) is 5.74. The molecule has 3 rings (SSSR count). The van der Waals surface area contributed by atoms with Crippen molar-refractivity contribution in [2.75, 3.05) is 36.2 Å². The first kappa shape index (κ1) is 13.4. The molecule has 0 spiro atoms. The van der Waals surface area contributed by atoms with Crippen molar-refractivity contribution in [2.24, 2.45) is 5.84 Å². The minimum Gasteiger partial charge on any atom is -0.353 e. The number of rotatable bonds is 3. The molecule has 3 heterocycles. The maximum atomic E-state index is 11.7. The van der Waals surface area contributed by atoms with Crippen LogP contribution in [0.15, 0.2) is 11.2 Å². The lowest BCUT2D eigenvalue weighted by Crippen LogP contribution is -2.51. The van der Waals surface area contributed by atoms with E-state index in [1.807, 2.05) is 17.2 Å². The average Bonchev–Trinajstić information content (AvgIpc) is 2.87. The summed E-state index contributed by atoms with van der Waals surface area (Å²) in [5.74, 6) is 7.23. The molecule has 3 N–H and O–H groups in total. The van der Waals surface area contributed by atoms with Gasteiger partial charge in [0.15, 0.2) is 5.16 Å². The highest BCUT2D eigenvalue weighted by atomic mass is 32.2. The van der Waals surface area contributed by atoms with Crippen molar-refractivity contribution in [3.05, 3.63) is 6.07 Å². The maximum Gasteiger partial charge on any atom is 0.223 e. The highest BCUT2D eigenvalue weighted by Gasteiger charge is 2.35. The Hall–Kier alpha value is -1.54. The van der Waals surface area contributed by atoms with Crippen LogP contribution in [0.5, 0.6) is 0 Å². The number of nitrogens with two attached hydrogens (primary N) is 1. The van der Waals surface area contributed by atoms with Crippen molar-refractivity contribution >= 4 is 29.3 Å². The van der Waals surface area contributed by atoms with Crippen LogP contribution in [0.3, 0.4) is 0 Å². The first-order valence-corrected chi connectivity index (χ1v) is 7.88. The second kappa shape index (κ2) is 5.45. The van der Waals surface area contributed by atoms with E-state index in [0.717, 1.165) is 31.9 Å². The average molecular weight is 294 g/mol. The summed E-state index contributed by atoms with van der Waals surface area (Å²) in [7, 11) is 0. The maximum absolute atomic E-state index is 11.7. The SMILES string of the molecule is CSc1nc(NN)cc(N2CCN3C(=O)CCC3C2)n1. The lowest BCUT2D eigenvalue weighted by molar-refractivity contribution is -0.129. The Bertz CT molecular complexity index is 502. The van der Waals surface area contributed by atoms with E-state index in [1.54, 1.807) is 0 Å². The van der Waals surface area contributed by atoms with Gasteiger partial charge in [-0.15, -0.1) is 0 Å². The van der Waals surface area contributed by atoms with Gasteiger partial charge in [-0.3, -0.25) is 4.79 Å². The predicted molar refractivity (Wildman–Crippen MR) is 78.6 cm³/mol. The summed E-state index contributed by atoms with van der Waals surface area (Å²) in [6.07, 6.45) is 3.55. The van der Waals surface area contributed by atoms with E-state index in [9.17, 15) is 4.79 Å². The van der Waals surface area contributed by atoms with Crippen molar-refractivity contribution < 1.29 is 4.79 Å². The molecular weight excluding hydrogens is 276 g/mol. The number of carbonyl (C=O) groups excluding carboxylic acids is 1. The monoisotopic (exact) mass is 294 g/mol. The molecule has 2 fully saturated rings. The molecule has 8 heteroatoms. The second-order valence-electron chi connectivity index (χ2n) is 4.97. The van der Waals surface area contributed by atoms with Gasteiger partial charge in [0.1, 0.15) is 11.6 Å². The molecule has 1 amide bonds. The van der Waals surface area contributed by atoms with Gasteiger partial charge < -0.3 is 15.2 Å². The van der Waals surface area contributed by atoms with Crippen LogP contribution >= 0.6 is 11.8 Å². The zero-order valence-corrected chi connectivity index (χ0v) is 12.2. The van der Waals surface area contributed by atoms with Crippen LogP contribution in [-0.4, -0.2) is 52.7 Å². The molecule has 7 nitrogen and oxygen atoms in total.